The van der Waals surface area contributed by atoms with E-state index in [1.807, 2.05) is 33.8 Å². The van der Waals surface area contributed by atoms with Crippen LogP contribution in [0.25, 0.3) is 44.4 Å². The maximum absolute atomic E-state index is 12.3. The van der Waals surface area contributed by atoms with Crippen LogP contribution < -0.4 is 0 Å². The van der Waals surface area contributed by atoms with E-state index in [1.54, 1.807) is 14.2 Å². The number of carbonyl (C=O) groups is 2. The fourth-order valence-corrected chi connectivity index (χ4v) is 6.72. The number of nitrogens with one attached hydrogen (secondary N) is 2. The van der Waals surface area contributed by atoms with Crippen LogP contribution in [-0.2, 0) is 28.5 Å². The number of aromatic nitrogens is 4. The van der Waals surface area contributed by atoms with Gasteiger partial charge in [0.25, 0.3) is 0 Å². The maximum atomic E-state index is 12.3. The Morgan fingerprint density at radius 3 is 1.42 bits per heavy atom. The van der Waals surface area contributed by atoms with Crippen molar-refractivity contribution in [2.75, 3.05) is 28.4 Å². The molecule has 0 spiro atoms. The minimum atomic E-state index is -0.289. The molecule has 2 atom stereocenters. The average molecular weight is 655 g/mol. The second-order valence-corrected chi connectivity index (χ2v) is 12.4. The van der Waals surface area contributed by atoms with E-state index in [1.165, 1.54) is 14.2 Å². The first-order valence-corrected chi connectivity index (χ1v) is 16.3. The van der Waals surface area contributed by atoms with E-state index in [-0.39, 0.29) is 37.0 Å². The van der Waals surface area contributed by atoms with Crippen molar-refractivity contribution in [1.29, 1.82) is 0 Å². The second-order valence-electron chi connectivity index (χ2n) is 12.4. The van der Waals surface area contributed by atoms with Gasteiger partial charge in [-0.3, -0.25) is 9.59 Å². The highest BCUT2D eigenvalue weighted by molar-refractivity contribution is 5.96. The van der Waals surface area contributed by atoms with Crippen molar-refractivity contribution in [3.63, 3.8) is 0 Å². The predicted molar refractivity (Wildman–Crippen MR) is 189 cm³/mol. The highest BCUT2D eigenvalue weighted by atomic mass is 16.5. The molecule has 5 heterocycles. The number of ether oxygens (including phenoxy) is 4. The number of aryl methyl sites for hydroxylation is 2. The molecule has 48 heavy (non-hydrogen) atoms. The molecule has 2 N–H and O–H groups in total. The monoisotopic (exact) mass is 654 g/mol. The van der Waals surface area contributed by atoms with E-state index in [4.69, 9.17) is 28.9 Å². The molecule has 2 aliphatic rings. The normalized spacial score (nSPS) is 14.4. The van der Waals surface area contributed by atoms with Crippen molar-refractivity contribution in [2.45, 2.75) is 79.4 Å². The van der Waals surface area contributed by atoms with Gasteiger partial charge in [0.1, 0.15) is 0 Å². The molecule has 10 nitrogen and oxygen atoms in total. The molecule has 0 aliphatic carbocycles. The van der Waals surface area contributed by atoms with E-state index in [0.29, 0.717) is 12.8 Å². The van der Waals surface area contributed by atoms with Gasteiger partial charge < -0.3 is 28.9 Å². The van der Waals surface area contributed by atoms with Crippen molar-refractivity contribution in [3.8, 4) is 0 Å². The van der Waals surface area contributed by atoms with E-state index in [0.717, 1.165) is 89.4 Å². The molecular weight excluding hydrogens is 608 g/mol. The number of rotatable bonds is 10. The van der Waals surface area contributed by atoms with Crippen molar-refractivity contribution in [2.24, 2.45) is 0 Å². The molecule has 8 bridgehead atoms. The maximum Gasteiger partial charge on any atom is 0.305 e. The molecule has 3 aromatic heterocycles. The fraction of sp³-hybridized carbons (Fsp3) is 0.421. The lowest BCUT2D eigenvalue weighted by molar-refractivity contribution is -0.141. The molecule has 2 aliphatic heterocycles. The Morgan fingerprint density at radius 2 is 1.00 bits per heavy atom. The van der Waals surface area contributed by atoms with Crippen LogP contribution in [0.1, 0.15) is 111 Å². The predicted octanol–water partition coefficient (Wildman–Crippen LogP) is 8.11. The molecule has 0 unspecified atom stereocenters. The van der Waals surface area contributed by atoms with Crippen LogP contribution in [-0.4, -0.2) is 60.3 Å². The first-order chi connectivity index (χ1) is 22.9. The number of hydrogen-bond acceptors (Lipinski definition) is 8. The summed E-state index contributed by atoms with van der Waals surface area (Å²) in [5.41, 5.74) is 14.8. The molecule has 254 valence electrons. The summed E-state index contributed by atoms with van der Waals surface area (Å²) in [5.74, 6) is -0.578. The molecule has 0 radical (unpaired) electrons. The number of fused-ring (bicyclic) bond motifs is 8. The molecule has 10 heteroatoms. The van der Waals surface area contributed by atoms with Gasteiger partial charge in [-0.1, -0.05) is 0 Å². The zero-order valence-corrected chi connectivity index (χ0v) is 29.6. The Labute approximate surface area is 281 Å². The zero-order chi connectivity index (χ0) is 34.9. The summed E-state index contributed by atoms with van der Waals surface area (Å²) < 4.78 is 21.6. The second kappa shape index (κ2) is 14.3. The Morgan fingerprint density at radius 1 is 0.604 bits per heavy atom. The number of H-pyrrole nitrogens is 2. The molecule has 0 fully saturated rings. The van der Waals surface area contributed by atoms with Gasteiger partial charge in [0.05, 0.1) is 49.2 Å². The summed E-state index contributed by atoms with van der Waals surface area (Å²) in [4.78, 5) is 42.1. The minimum absolute atomic E-state index is 0.165. The highest BCUT2D eigenvalue weighted by Gasteiger charge is 2.24. The molecule has 0 aromatic carbocycles. The lowest BCUT2D eigenvalue weighted by Crippen LogP contribution is -2.01. The summed E-state index contributed by atoms with van der Waals surface area (Å²) >= 11 is 0. The van der Waals surface area contributed by atoms with Gasteiger partial charge in [-0.2, -0.15) is 0 Å². The standard InChI is InChI=1S/C38H46N4O6/c1-19-25(11-13-35(43)47-9)31-18-32-26(12-14-36(44)48-10)20(2)28(40-32)16-33-38(24(6)46-8)22(4)30(42-33)17-34-37(23(5)45-7)21(3)29(41-34)15-27(19)39-31/h15-18,23-24,41-42H,11-14H2,1-10H3/t23-,24-/m1/s1. The van der Waals surface area contributed by atoms with Crippen LogP contribution >= 0.6 is 0 Å². The lowest BCUT2D eigenvalue weighted by Gasteiger charge is -2.10. The van der Waals surface area contributed by atoms with E-state index >= 15 is 0 Å². The van der Waals surface area contributed by atoms with Crippen LogP contribution in [0.3, 0.4) is 0 Å². The first kappa shape index (κ1) is 34.8. The van der Waals surface area contributed by atoms with Crippen molar-refractivity contribution >= 4 is 56.3 Å². The number of esters is 2. The number of methoxy groups -OCH3 is 4. The van der Waals surface area contributed by atoms with Crippen LogP contribution in [0.15, 0.2) is 24.3 Å². The quantitative estimate of drug-likeness (QED) is 0.210. The molecule has 3 aromatic rings. The van der Waals surface area contributed by atoms with E-state index in [2.05, 4.69) is 42.0 Å². The van der Waals surface area contributed by atoms with E-state index in [9.17, 15) is 9.59 Å². The van der Waals surface area contributed by atoms with Gasteiger partial charge in [-0.25, -0.2) is 9.97 Å². The lowest BCUT2D eigenvalue weighted by atomic mass is 9.98. The third-order valence-corrected chi connectivity index (χ3v) is 9.77. The molecule has 0 amide bonds. The topological polar surface area (TPSA) is 128 Å². The zero-order valence-electron chi connectivity index (χ0n) is 29.6. The van der Waals surface area contributed by atoms with Crippen molar-refractivity contribution in [3.05, 3.63) is 69.3 Å². The van der Waals surface area contributed by atoms with Gasteiger partial charge in [0.2, 0.25) is 0 Å². The van der Waals surface area contributed by atoms with Crippen LogP contribution in [0.5, 0.6) is 0 Å². The summed E-state index contributed by atoms with van der Waals surface area (Å²) in [7, 11) is 6.22. The first-order valence-electron chi connectivity index (χ1n) is 16.3. The van der Waals surface area contributed by atoms with Gasteiger partial charge in [0.15, 0.2) is 0 Å². The molecule has 0 saturated carbocycles. The summed E-state index contributed by atoms with van der Waals surface area (Å²) in [5, 5.41) is 0. The summed E-state index contributed by atoms with van der Waals surface area (Å²) in [6, 6.07) is 8.22. The smallest absolute Gasteiger partial charge is 0.305 e. The van der Waals surface area contributed by atoms with Gasteiger partial charge in [0, 0.05) is 60.3 Å². The molecule has 5 rings (SSSR count). The Hall–Kier alpha value is -4.54. The highest BCUT2D eigenvalue weighted by Crippen LogP contribution is 2.39. The number of carbonyl (C=O) groups excluding carboxylic acids is 2. The summed E-state index contributed by atoms with van der Waals surface area (Å²) in [6.07, 6.45) is 0.996. The van der Waals surface area contributed by atoms with E-state index < -0.39 is 0 Å². The number of allylic oxidation sites excluding steroid dienone is 4. The minimum Gasteiger partial charge on any atom is -0.469 e. The largest absolute Gasteiger partial charge is 0.469 e. The molecular formula is C38H46N4O6. The number of aromatic amines is 2. The van der Waals surface area contributed by atoms with Crippen LogP contribution in [0.2, 0.25) is 0 Å². The fourth-order valence-electron chi connectivity index (χ4n) is 6.72. The Balaban J connectivity index is 1.93. The third kappa shape index (κ3) is 6.59. The average Bonchev–Trinajstić information content (AvgIpc) is 3.74. The Kier molecular flexibility index (Phi) is 10.4. The van der Waals surface area contributed by atoms with Gasteiger partial charge >= 0.3 is 11.9 Å². The van der Waals surface area contributed by atoms with Gasteiger partial charge in [-0.05, 0) is 112 Å². The van der Waals surface area contributed by atoms with Crippen molar-refractivity contribution < 1.29 is 28.5 Å². The van der Waals surface area contributed by atoms with Crippen LogP contribution in [0, 0.1) is 13.8 Å². The number of nitrogens with zero attached hydrogens (tertiary/aromatic N) is 2. The van der Waals surface area contributed by atoms with Gasteiger partial charge in [-0.15, -0.1) is 0 Å². The van der Waals surface area contributed by atoms with Crippen LogP contribution in [0.4, 0.5) is 0 Å². The Bertz CT molecular complexity index is 2000. The third-order valence-electron chi connectivity index (χ3n) is 9.77. The number of hydrogen-bond donors (Lipinski definition) is 2. The molecule has 0 saturated heterocycles. The summed E-state index contributed by atoms with van der Waals surface area (Å²) in [6.45, 7) is 12.3. The SMILES string of the molecule is COC(=O)CCC1=C(C)c2cc3[nH]c(cc4[nH]c(cc5nc(cc1n2)C(CCC(=O)OC)=C5C)c([C@@H](C)OC)c4C)c([C@@H](C)OC)c3C. The van der Waals surface area contributed by atoms with Crippen molar-refractivity contribution in [1.82, 2.24) is 19.9 Å².